The zero-order valence-corrected chi connectivity index (χ0v) is 44.7. The molecule has 6 heteroatoms. The van der Waals surface area contributed by atoms with E-state index in [1.807, 2.05) is 36.5 Å². The molecule has 6 nitrogen and oxygen atoms in total. The lowest BCUT2D eigenvalue weighted by Gasteiger charge is -2.18. The van der Waals surface area contributed by atoms with E-state index in [4.69, 9.17) is 14.2 Å². The number of unbranched alkanes of at least 4 members (excludes halogenated alkanes) is 19. The number of rotatable bonds is 48. The third kappa shape index (κ3) is 54.2. The number of carbonyl (C=O) groups is 3. The number of carbonyl (C=O) groups excluding carboxylic acids is 3. The fourth-order valence-electron chi connectivity index (χ4n) is 7.05. The maximum Gasteiger partial charge on any atom is 0.306 e. The first-order valence-corrected chi connectivity index (χ1v) is 27.9. The molecule has 0 aromatic rings. The first kappa shape index (κ1) is 65.3. The highest BCUT2D eigenvalue weighted by Crippen LogP contribution is 2.13. The molecule has 0 rings (SSSR count). The van der Waals surface area contributed by atoms with Crippen LogP contribution in [0.3, 0.4) is 0 Å². The molecule has 0 saturated carbocycles. The third-order valence-electron chi connectivity index (χ3n) is 11.2. The molecule has 0 aliphatic carbocycles. The number of allylic oxidation sites excluding steroid dienone is 24. The zero-order chi connectivity index (χ0) is 50.7. The van der Waals surface area contributed by atoms with Crippen LogP contribution in [0.15, 0.2) is 146 Å². The Kier molecular flexibility index (Phi) is 53.0. The fourth-order valence-corrected chi connectivity index (χ4v) is 7.05. The average Bonchev–Trinajstić information content (AvgIpc) is 3.36. The Labute approximate surface area is 429 Å². The Bertz CT molecular complexity index is 1580. The summed E-state index contributed by atoms with van der Waals surface area (Å²) in [5, 5.41) is 0. The Morgan fingerprint density at radius 2 is 0.643 bits per heavy atom. The molecule has 0 aromatic carbocycles. The van der Waals surface area contributed by atoms with Crippen molar-refractivity contribution >= 4 is 17.9 Å². The molecule has 0 aliphatic heterocycles. The van der Waals surface area contributed by atoms with Crippen LogP contribution in [0, 0.1) is 0 Å². The van der Waals surface area contributed by atoms with Crippen molar-refractivity contribution in [2.45, 2.75) is 226 Å². The van der Waals surface area contributed by atoms with Crippen LogP contribution in [0.2, 0.25) is 0 Å². The van der Waals surface area contributed by atoms with Gasteiger partial charge in [-0.1, -0.05) is 244 Å². The maximum absolute atomic E-state index is 12.9. The van der Waals surface area contributed by atoms with Crippen LogP contribution < -0.4 is 0 Å². The summed E-state index contributed by atoms with van der Waals surface area (Å²) >= 11 is 0. The van der Waals surface area contributed by atoms with Gasteiger partial charge in [-0.2, -0.15) is 0 Å². The van der Waals surface area contributed by atoms with Gasteiger partial charge in [-0.3, -0.25) is 14.4 Å². The van der Waals surface area contributed by atoms with Crippen LogP contribution in [-0.4, -0.2) is 37.2 Å². The van der Waals surface area contributed by atoms with Crippen molar-refractivity contribution in [3.05, 3.63) is 146 Å². The van der Waals surface area contributed by atoms with Crippen molar-refractivity contribution in [2.24, 2.45) is 0 Å². The van der Waals surface area contributed by atoms with E-state index in [2.05, 4.69) is 130 Å². The van der Waals surface area contributed by atoms with E-state index >= 15 is 0 Å². The molecule has 392 valence electrons. The van der Waals surface area contributed by atoms with E-state index in [0.717, 1.165) is 141 Å². The minimum Gasteiger partial charge on any atom is -0.462 e. The van der Waals surface area contributed by atoms with Gasteiger partial charge in [0.2, 0.25) is 0 Å². The van der Waals surface area contributed by atoms with Gasteiger partial charge in [-0.25, -0.2) is 0 Å². The number of hydrogen-bond donors (Lipinski definition) is 0. The van der Waals surface area contributed by atoms with Crippen LogP contribution in [-0.2, 0) is 28.6 Å². The quantitative estimate of drug-likeness (QED) is 0.0199. The molecule has 1 atom stereocenters. The predicted octanol–water partition coefficient (Wildman–Crippen LogP) is 18.8. The molecule has 0 saturated heterocycles. The van der Waals surface area contributed by atoms with Crippen molar-refractivity contribution in [1.29, 1.82) is 0 Å². The van der Waals surface area contributed by atoms with E-state index < -0.39 is 6.10 Å². The molecule has 0 N–H and O–H groups in total. The van der Waals surface area contributed by atoms with E-state index in [1.165, 1.54) is 38.5 Å². The summed E-state index contributed by atoms with van der Waals surface area (Å²) < 4.78 is 16.8. The molecular weight excluding hydrogens is 865 g/mol. The minimum atomic E-state index is -0.820. The van der Waals surface area contributed by atoms with Gasteiger partial charge >= 0.3 is 17.9 Å². The second-order valence-corrected chi connectivity index (χ2v) is 17.9. The molecule has 0 bridgehead atoms. The van der Waals surface area contributed by atoms with Gasteiger partial charge < -0.3 is 14.2 Å². The molecule has 0 fully saturated rings. The number of hydrogen-bond acceptors (Lipinski definition) is 6. The Balaban J connectivity index is 4.58. The maximum atomic E-state index is 12.9. The molecule has 0 aliphatic rings. The summed E-state index contributed by atoms with van der Waals surface area (Å²) in [6, 6.07) is 0. The largest absolute Gasteiger partial charge is 0.462 e. The highest BCUT2D eigenvalue weighted by molar-refractivity contribution is 5.71. The van der Waals surface area contributed by atoms with Gasteiger partial charge in [0.1, 0.15) is 13.2 Å². The smallest absolute Gasteiger partial charge is 0.306 e. The minimum absolute atomic E-state index is 0.117. The lowest BCUT2D eigenvalue weighted by molar-refractivity contribution is -0.167. The highest BCUT2D eigenvalue weighted by Gasteiger charge is 2.19. The highest BCUT2D eigenvalue weighted by atomic mass is 16.6. The SMILES string of the molecule is CC/C=C\C/C=C\C/C=C\C/C=C\CCCCCC(=O)OCC(COC(=O)CCCCCCC\C=C/C=C\C=C/C=C\C=C/CCC)OC(=O)CCCCCCC\C=C/C=C\C=C/CCCCCCC. The summed E-state index contributed by atoms with van der Waals surface area (Å²) in [6.07, 6.45) is 81.1. The van der Waals surface area contributed by atoms with Gasteiger partial charge in [0, 0.05) is 19.3 Å². The molecule has 0 heterocycles. The standard InChI is InChI=1S/C64H100O6/c1-4-7-10-13-16-19-22-25-28-31-33-36-39-42-45-48-51-54-57-63(66)69-60-61(59-68-62(65)56-53-50-47-44-41-38-35-30-27-24-21-18-15-12-9-6-3)70-64(67)58-55-52-49-46-43-40-37-34-32-29-26-23-20-17-14-11-8-5-2/h9-10,12-13,16,18-19,21-23,25-34,36-38,41,61H,4-8,11,14-15,17,20,24,35,39-40,42-60H2,1-3H3/b12-9-,13-10-,19-16-,21-18-,25-22-,26-23-,30-27-,31-28-,32-29-,36-33-,37-34-,41-38-. The second-order valence-electron chi connectivity index (χ2n) is 17.9. The van der Waals surface area contributed by atoms with E-state index in [0.29, 0.717) is 12.8 Å². The van der Waals surface area contributed by atoms with E-state index in [9.17, 15) is 14.4 Å². The lowest BCUT2D eigenvalue weighted by Crippen LogP contribution is -2.30. The van der Waals surface area contributed by atoms with Crippen molar-refractivity contribution < 1.29 is 28.6 Å². The van der Waals surface area contributed by atoms with Crippen LogP contribution in [0.1, 0.15) is 220 Å². The average molecular weight is 965 g/mol. The third-order valence-corrected chi connectivity index (χ3v) is 11.2. The topological polar surface area (TPSA) is 78.9 Å². The number of ether oxygens (including phenoxy) is 3. The van der Waals surface area contributed by atoms with Gasteiger partial charge in [-0.15, -0.1) is 0 Å². The van der Waals surface area contributed by atoms with Crippen LogP contribution in [0.25, 0.3) is 0 Å². The molecule has 1 unspecified atom stereocenters. The van der Waals surface area contributed by atoms with Gasteiger partial charge in [0.25, 0.3) is 0 Å². The summed E-state index contributed by atoms with van der Waals surface area (Å²) in [4.78, 5) is 38.1. The first-order chi connectivity index (χ1) is 34.5. The second kappa shape index (κ2) is 56.9. The summed E-state index contributed by atoms with van der Waals surface area (Å²) in [5.41, 5.74) is 0. The van der Waals surface area contributed by atoms with Crippen molar-refractivity contribution in [3.8, 4) is 0 Å². The Hall–Kier alpha value is -4.71. The summed E-state index contributed by atoms with van der Waals surface area (Å²) in [6.45, 7) is 6.34. The predicted molar refractivity (Wildman–Crippen MR) is 302 cm³/mol. The molecule has 0 aromatic heterocycles. The lowest BCUT2D eigenvalue weighted by atomic mass is 10.1. The molecule has 0 spiro atoms. The van der Waals surface area contributed by atoms with Crippen LogP contribution in [0.4, 0.5) is 0 Å². The van der Waals surface area contributed by atoms with Crippen LogP contribution >= 0.6 is 0 Å². The van der Waals surface area contributed by atoms with Crippen molar-refractivity contribution in [2.75, 3.05) is 13.2 Å². The van der Waals surface area contributed by atoms with Crippen molar-refractivity contribution in [3.63, 3.8) is 0 Å². The first-order valence-electron chi connectivity index (χ1n) is 27.9. The van der Waals surface area contributed by atoms with E-state index in [-0.39, 0.29) is 37.5 Å². The fraction of sp³-hybridized carbons (Fsp3) is 0.578. The Morgan fingerprint density at radius 3 is 1.07 bits per heavy atom. The van der Waals surface area contributed by atoms with E-state index in [1.54, 1.807) is 0 Å². The molecule has 0 amide bonds. The monoisotopic (exact) mass is 965 g/mol. The summed E-state index contributed by atoms with van der Waals surface area (Å²) in [7, 11) is 0. The Morgan fingerprint density at radius 1 is 0.314 bits per heavy atom. The van der Waals surface area contributed by atoms with Gasteiger partial charge in [-0.05, 0) is 103 Å². The van der Waals surface area contributed by atoms with Crippen LogP contribution in [0.5, 0.6) is 0 Å². The number of esters is 3. The summed E-state index contributed by atoms with van der Waals surface area (Å²) in [5.74, 6) is -0.998. The zero-order valence-electron chi connectivity index (χ0n) is 44.7. The molecular formula is C64H100O6. The molecule has 70 heavy (non-hydrogen) atoms. The van der Waals surface area contributed by atoms with Crippen molar-refractivity contribution in [1.82, 2.24) is 0 Å². The molecule has 0 radical (unpaired) electrons. The van der Waals surface area contributed by atoms with Gasteiger partial charge in [0.05, 0.1) is 0 Å². The normalized spacial score (nSPS) is 13.2. The van der Waals surface area contributed by atoms with Gasteiger partial charge in [0.15, 0.2) is 6.10 Å².